The van der Waals surface area contributed by atoms with Gasteiger partial charge in [-0.05, 0) is 31.2 Å². The molecule has 0 saturated heterocycles. The van der Waals surface area contributed by atoms with Gasteiger partial charge in [0.1, 0.15) is 5.82 Å². The molecule has 3 nitrogen and oxygen atoms in total. The van der Waals surface area contributed by atoms with Crippen LogP contribution in [-0.4, -0.2) is 16.5 Å². The van der Waals surface area contributed by atoms with Crippen LogP contribution in [0, 0.1) is 6.92 Å². The van der Waals surface area contributed by atoms with Crippen molar-refractivity contribution in [2.45, 2.75) is 19.9 Å². The number of halogens is 1. The fraction of sp³-hybridized carbons (Fsp3) is 0.286. The van der Waals surface area contributed by atoms with Crippen molar-refractivity contribution in [3.63, 3.8) is 0 Å². The van der Waals surface area contributed by atoms with E-state index >= 15 is 0 Å². The molecule has 1 atom stereocenters. The zero-order valence-corrected chi connectivity index (χ0v) is 11.3. The van der Waals surface area contributed by atoms with Crippen molar-refractivity contribution in [3.05, 3.63) is 58.6 Å². The van der Waals surface area contributed by atoms with Crippen molar-refractivity contribution >= 4 is 11.6 Å². The molecule has 0 fully saturated rings. The number of hydrogen-bond acceptors (Lipinski definition) is 3. The highest BCUT2D eigenvalue weighted by molar-refractivity contribution is 6.31. The lowest BCUT2D eigenvalue weighted by Crippen LogP contribution is -2.23. The van der Waals surface area contributed by atoms with Crippen LogP contribution >= 0.6 is 11.6 Å². The molecule has 0 saturated carbocycles. The predicted octanol–water partition coefficient (Wildman–Crippen LogP) is 3.14. The molecule has 1 heterocycles. The van der Waals surface area contributed by atoms with Gasteiger partial charge in [0.05, 0.1) is 11.7 Å². The lowest BCUT2D eigenvalue weighted by atomic mass is 10.0. The predicted molar refractivity (Wildman–Crippen MR) is 73.7 cm³/mol. The maximum atomic E-state index is 6.26. The van der Waals surface area contributed by atoms with Crippen molar-refractivity contribution in [2.75, 3.05) is 6.54 Å². The zero-order valence-electron chi connectivity index (χ0n) is 10.5. The van der Waals surface area contributed by atoms with Crippen molar-refractivity contribution in [1.82, 2.24) is 15.3 Å². The second kappa shape index (κ2) is 5.94. The Morgan fingerprint density at radius 3 is 2.72 bits per heavy atom. The summed E-state index contributed by atoms with van der Waals surface area (Å²) in [5.74, 6) is 0.766. The smallest absolute Gasteiger partial charge is 0.125 e. The molecule has 1 aromatic heterocycles. The SMILES string of the molecule is CCNC(c1ccnc(C)n1)c1ccccc1Cl. The largest absolute Gasteiger partial charge is 0.305 e. The molecule has 0 amide bonds. The van der Waals surface area contributed by atoms with Gasteiger partial charge in [0.2, 0.25) is 0 Å². The highest BCUT2D eigenvalue weighted by Crippen LogP contribution is 2.26. The molecule has 1 N–H and O–H groups in total. The number of rotatable bonds is 4. The molecule has 1 aromatic carbocycles. The molecule has 0 aliphatic rings. The van der Waals surface area contributed by atoms with Crippen LogP contribution in [-0.2, 0) is 0 Å². The summed E-state index contributed by atoms with van der Waals surface area (Å²) in [6, 6.07) is 9.76. The maximum Gasteiger partial charge on any atom is 0.125 e. The first kappa shape index (κ1) is 13.0. The van der Waals surface area contributed by atoms with Crippen LogP contribution in [0.25, 0.3) is 0 Å². The van der Waals surface area contributed by atoms with Gasteiger partial charge in [0.15, 0.2) is 0 Å². The summed E-state index contributed by atoms with van der Waals surface area (Å²) >= 11 is 6.26. The fourth-order valence-electron chi connectivity index (χ4n) is 1.92. The third-order valence-corrected chi connectivity index (χ3v) is 3.06. The second-order valence-corrected chi connectivity index (χ2v) is 4.45. The van der Waals surface area contributed by atoms with Gasteiger partial charge in [-0.15, -0.1) is 0 Å². The molecule has 0 aliphatic heterocycles. The van der Waals surface area contributed by atoms with E-state index < -0.39 is 0 Å². The van der Waals surface area contributed by atoms with Crippen LogP contribution in [0.1, 0.15) is 30.0 Å². The number of aryl methyl sites for hydroxylation is 1. The van der Waals surface area contributed by atoms with Crippen LogP contribution < -0.4 is 5.32 Å². The Morgan fingerprint density at radius 1 is 1.28 bits per heavy atom. The van der Waals surface area contributed by atoms with E-state index in [1.807, 2.05) is 37.3 Å². The van der Waals surface area contributed by atoms with Crippen molar-refractivity contribution < 1.29 is 0 Å². The van der Waals surface area contributed by atoms with Crippen LogP contribution in [0.4, 0.5) is 0 Å². The van der Waals surface area contributed by atoms with Crippen LogP contribution in [0.3, 0.4) is 0 Å². The molecule has 1 unspecified atom stereocenters. The molecule has 0 aliphatic carbocycles. The lowest BCUT2D eigenvalue weighted by Gasteiger charge is -2.19. The molecule has 4 heteroatoms. The molecule has 94 valence electrons. The van der Waals surface area contributed by atoms with E-state index in [0.717, 1.165) is 28.6 Å². The average Bonchev–Trinajstić information content (AvgIpc) is 2.37. The van der Waals surface area contributed by atoms with Gasteiger partial charge in [0.25, 0.3) is 0 Å². The lowest BCUT2D eigenvalue weighted by molar-refractivity contribution is 0.612. The van der Waals surface area contributed by atoms with E-state index in [1.54, 1.807) is 6.20 Å². The van der Waals surface area contributed by atoms with E-state index in [9.17, 15) is 0 Å². The van der Waals surface area contributed by atoms with Gasteiger partial charge in [-0.1, -0.05) is 36.7 Å². The van der Waals surface area contributed by atoms with E-state index in [1.165, 1.54) is 0 Å². The fourth-order valence-corrected chi connectivity index (χ4v) is 2.17. The minimum absolute atomic E-state index is 0.00500. The first-order valence-corrected chi connectivity index (χ1v) is 6.37. The topological polar surface area (TPSA) is 37.8 Å². The minimum atomic E-state index is 0.00500. The first-order chi connectivity index (χ1) is 8.72. The number of hydrogen-bond donors (Lipinski definition) is 1. The normalized spacial score (nSPS) is 12.4. The zero-order chi connectivity index (χ0) is 13.0. The third-order valence-electron chi connectivity index (χ3n) is 2.72. The van der Waals surface area contributed by atoms with Crippen molar-refractivity contribution in [3.8, 4) is 0 Å². The van der Waals surface area contributed by atoms with Gasteiger partial charge in [-0.3, -0.25) is 0 Å². The Bertz CT molecular complexity index is 528. The second-order valence-electron chi connectivity index (χ2n) is 4.04. The molecule has 0 spiro atoms. The molecule has 18 heavy (non-hydrogen) atoms. The minimum Gasteiger partial charge on any atom is -0.305 e. The van der Waals surface area contributed by atoms with Crippen molar-refractivity contribution in [2.24, 2.45) is 0 Å². The molecular formula is C14H16ClN3. The van der Waals surface area contributed by atoms with Gasteiger partial charge in [-0.25, -0.2) is 9.97 Å². The van der Waals surface area contributed by atoms with Gasteiger partial charge < -0.3 is 5.32 Å². The summed E-state index contributed by atoms with van der Waals surface area (Å²) in [6.07, 6.45) is 1.78. The highest BCUT2D eigenvalue weighted by Gasteiger charge is 2.17. The average molecular weight is 262 g/mol. The Balaban J connectivity index is 2.43. The molecule has 2 aromatic rings. The summed E-state index contributed by atoms with van der Waals surface area (Å²) in [7, 11) is 0. The van der Waals surface area contributed by atoms with Crippen molar-refractivity contribution in [1.29, 1.82) is 0 Å². The Morgan fingerprint density at radius 2 is 2.06 bits per heavy atom. The standard InChI is InChI=1S/C14H16ClN3/c1-3-16-14(11-6-4-5-7-12(11)15)13-8-9-17-10(2)18-13/h4-9,14,16H,3H2,1-2H3. The number of aromatic nitrogens is 2. The molecule has 0 radical (unpaired) electrons. The van der Waals surface area contributed by atoms with E-state index in [-0.39, 0.29) is 6.04 Å². The monoisotopic (exact) mass is 261 g/mol. The van der Waals surface area contributed by atoms with Crippen LogP contribution in [0.2, 0.25) is 5.02 Å². The number of benzene rings is 1. The van der Waals surface area contributed by atoms with E-state index in [4.69, 9.17) is 11.6 Å². The quantitative estimate of drug-likeness (QED) is 0.919. The first-order valence-electron chi connectivity index (χ1n) is 5.99. The summed E-state index contributed by atoms with van der Waals surface area (Å²) in [5.41, 5.74) is 1.98. The van der Waals surface area contributed by atoms with E-state index in [0.29, 0.717) is 0 Å². The molecular weight excluding hydrogens is 246 g/mol. The summed E-state index contributed by atoms with van der Waals surface area (Å²) in [4.78, 5) is 8.60. The van der Waals surface area contributed by atoms with Gasteiger partial charge in [-0.2, -0.15) is 0 Å². The highest BCUT2D eigenvalue weighted by atomic mass is 35.5. The number of nitrogens with zero attached hydrogens (tertiary/aromatic N) is 2. The van der Waals surface area contributed by atoms with E-state index in [2.05, 4.69) is 22.2 Å². The Labute approximate surface area is 112 Å². The summed E-state index contributed by atoms with van der Waals surface area (Å²) < 4.78 is 0. The van der Waals surface area contributed by atoms with Gasteiger partial charge in [0, 0.05) is 11.2 Å². The third kappa shape index (κ3) is 2.86. The maximum absolute atomic E-state index is 6.26. The number of nitrogens with one attached hydrogen (secondary N) is 1. The van der Waals surface area contributed by atoms with Crippen LogP contribution in [0.15, 0.2) is 36.5 Å². The Hall–Kier alpha value is -1.45. The van der Waals surface area contributed by atoms with Crippen LogP contribution in [0.5, 0.6) is 0 Å². The molecule has 0 bridgehead atoms. The van der Waals surface area contributed by atoms with Gasteiger partial charge >= 0.3 is 0 Å². The Kier molecular flexibility index (Phi) is 4.28. The molecule has 2 rings (SSSR count). The summed E-state index contributed by atoms with van der Waals surface area (Å²) in [6.45, 7) is 4.80. The summed E-state index contributed by atoms with van der Waals surface area (Å²) in [5, 5.41) is 4.16.